The SMILES string of the molecule is CC(=N\O)/C(C)=N/O.CC(=N\O)/C(C)=N/O.CCCC1CC[N-]CC1.CCCC1CC[N-]CC1.CCCC1CC[N-]CC1.CCCC1CC[N-]CC1.[Cl-].[Cl-].[Cl][Rh][Cl].[Rh+3]. The first-order chi connectivity index (χ1) is 26.6. The summed E-state index contributed by atoms with van der Waals surface area (Å²) in [5, 5.41) is 60.5. The summed E-state index contributed by atoms with van der Waals surface area (Å²) >= 11 is -0.226. The topological polar surface area (TPSA) is 187 Å². The summed E-state index contributed by atoms with van der Waals surface area (Å²) in [4.78, 5) is 0. The Balaban J connectivity index is -0.000000137. The van der Waals surface area contributed by atoms with E-state index < -0.39 is 0 Å². The van der Waals surface area contributed by atoms with E-state index in [0.29, 0.717) is 22.8 Å². The average Bonchev–Trinajstić information content (AvgIpc) is 3.23. The molecular weight excluding hydrogens is 1000 g/mol. The molecule has 0 bridgehead atoms. The van der Waals surface area contributed by atoms with Gasteiger partial charge in [0.1, 0.15) is 22.8 Å². The Morgan fingerprint density at radius 1 is 0.431 bits per heavy atom. The van der Waals surface area contributed by atoms with Crippen LogP contribution in [0.15, 0.2) is 20.6 Å². The third-order valence-corrected chi connectivity index (χ3v) is 10.00. The molecule has 0 saturated carbocycles. The Morgan fingerprint density at radius 3 is 0.672 bits per heavy atom. The van der Waals surface area contributed by atoms with Gasteiger partial charge in [-0.25, -0.2) is 0 Å². The molecule has 58 heavy (non-hydrogen) atoms. The van der Waals surface area contributed by atoms with E-state index in [1.807, 2.05) is 0 Å². The molecule has 4 heterocycles. The number of rotatable bonds is 10. The van der Waals surface area contributed by atoms with E-state index in [0.717, 1.165) is 76.0 Å². The van der Waals surface area contributed by atoms with Crippen LogP contribution in [-0.2, 0) is 34.6 Å². The first-order valence-corrected chi connectivity index (χ1v) is 24.9. The Labute approximate surface area is 395 Å². The zero-order valence-electron chi connectivity index (χ0n) is 36.8. The van der Waals surface area contributed by atoms with Crippen LogP contribution in [-0.4, -0.2) is 96.0 Å². The van der Waals surface area contributed by atoms with Crippen LogP contribution in [0.5, 0.6) is 0 Å². The van der Waals surface area contributed by atoms with Gasteiger partial charge in [0.25, 0.3) is 0 Å². The van der Waals surface area contributed by atoms with Crippen LogP contribution in [0.3, 0.4) is 0 Å². The summed E-state index contributed by atoms with van der Waals surface area (Å²) < 4.78 is 0. The summed E-state index contributed by atoms with van der Waals surface area (Å²) in [5.41, 5.74) is 1.25. The van der Waals surface area contributed by atoms with E-state index in [-0.39, 0.29) is 59.4 Å². The van der Waals surface area contributed by atoms with Crippen molar-refractivity contribution in [3.8, 4) is 0 Å². The molecule has 18 heteroatoms. The van der Waals surface area contributed by atoms with Crippen molar-refractivity contribution in [2.24, 2.45) is 44.3 Å². The molecule has 0 radical (unpaired) electrons. The van der Waals surface area contributed by atoms with Gasteiger partial charge >= 0.3 is 54.0 Å². The molecule has 0 spiro atoms. The predicted octanol–water partition coefficient (Wildman–Crippen LogP) is 7.04. The number of oxime groups is 4. The molecular formula is C40H80Cl4N8O4Rh2-3. The molecule has 0 atom stereocenters. The summed E-state index contributed by atoms with van der Waals surface area (Å²) in [6, 6.07) is 0. The molecule has 4 aliphatic heterocycles. The van der Waals surface area contributed by atoms with Crippen LogP contribution < -0.4 is 24.8 Å². The van der Waals surface area contributed by atoms with Crippen LogP contribution in [0.1, 0.15) is 158 Å². The molecule has 0 unspecified atom stereocenters. The quantitative estimate of drug-likeness (QED) is 0.0793. The minimum atomic E-state index is -0.226. The molecule has 0 aromatic heterocycles. The third kappa shape index (κ3) is 47.2. The van der Waals surface area contributed by atoms with Crippen molar-refractivity contribution in [3.05, 3.63) is 21.3 Å². The van der Waals surface area contributed by atoms with Crippen molar-refractivity contribution in [2.45, 2.75) is 158 Å². The van der Waals surface area contributed by atoms with Gasteiger partial charge in [-0.1, -0.05) is 151 Å². The van der Waals surface area contributed by atoms with Gasteiger partial charge < -0.3 is 66.9 Å². The van der Waals surface area contributed by atoms with Crippen molar-refractivity contribution >= 4 is 42.2 Å². The Morgan fingerprint density at radius 2 is 0.569 bits per heavy atom. The molecule has 0 aliphatic carbocycles. The summed E-state index contributed by atoms with van der Waals surface area (Å²) in [5.74, 6) is 4.03. The molecule has 0 amide bonds. The summed E-state index contributed by atoms with van der Waals surface area (Å²) in [7, 11) is 9.67. The van der Waals surface area contributed by atoms with E-state index in [4.69, 9.17) is 40.2 Å². The van der Waals surface area contributed by atoms with Gasteiger partial charge in [-0.2, -0.15) is 0 Å². The minimum Gasteiger partial charge on any atom is 3.00 e. The third-order valence-electron chi connectivity index (χ3n) is 10.00. The second-order valence-corrected chi connectivity index (χ2v) is 16.9. The van der Waals surface area contributed by atoms with Gasteiger partial charge in [0.05, 0.1) is 0 Å². The monoisotopic (exact) mass is 1080 g/mol. The first-order valence-electron chi connectivity index (χ1n) is 20.7. The number of nitrogens with zero attached hydrogens (tertiary/aromatic N) is 8. The summed E-state index contributed by atoms with van der Waals surface area (Å²) in [6.45, 7) is 24.3. The smallest absolute Gasteiger partial charge is 3.00 e. The maximum Gasteiger partial charge on any atom is 3.00 e. The number of halogens is 4. The minimum absolute atomic E-state index is 0. The second kappa shape index (κ2) is 55.1. The largest absolute Gasteiger partial charge is 3.00 e. The number of hydrogen-bond acceptors (Lipinski definition) is 8. The van der Waals surface area contributed by atoms with Crippen LogP contribution in [0.4, 0.5) is 0 Å². The average molecular weight is 1080 g/mol. The standard InChI is InChI=1S/4C8H16N.2C4H8N2O2.4ClH.2Rh/c4*1-2-3-8-4-6-9-7-5-8;2*1-3(5-7)4(2)6-8;;;;;;/h4*8H,2-7H2,1H3;2*7-8H,1-2H3;4*1H;;/q4*-1;;;;;;;+2;+3/p-4/b;;;;2*5-3+,6-4+;;;;;;. The van der Waals surface area contributed by atoms with E-state index in [2.05, 4.69) is 69.6 Å². The molecule has 4 saturated heterocycles. The Bertz CT molecular complexity index is 786. The molecule has 0 aromatic rings. The van der Waals surface area contributed by atoms with Gasteiger partial charge in [0.2, 0.25) is 0 Å². The number of piperidine rings is 4. The zero-order chi connectivity index (χ0) is 42.0. The first kappa shape index (κ1) is 69.8. The fraction of sp³-hybridized carbons (Fsp3) is 0.900. The number of hydrogen-bond donors (Lipinski definition) is 4. The van der Waals surface area contributed by atoms with E-state index >= 15 is 0 Å². The molecule has 4 aliphatic rings. The van der Waals surface area contributed by atoms with Crippen molar-refractivity contribution in [1.29, 1.82) is 0 Å². The Kier molecular flexibility index (Phi) is 66.4. The van der Waals surface area contributed by atoms with Crippen molar-refractivity contribution < 1.29 is 80.3 Å². The normalized spacial score (nSPS) is 18.2. The van der Waals surface area contributed by atoms with Gasteiger partial charge in [0, 0.05) is 0 Å². The molecule has 4 rings (SSSR count). The van der Waals surface area contributed by atoms with Gasteiger partial charge in [0.15, 0.2) is 0 Å². The van der Waals surface area contributed by atoms with Crippen LogP contribution in [0.25, 0.3) is 21.3 Å². The maximum atomic E-state index is 8.03. The fourth-order valence-corrected chi connectivity index (χ4v) is 6.29. The van der Waals surface area contributed by atoms with E-state index in [1.54, 1.807) is 0 Å². The molecule has 4 fully saturated rings. The zero-order valence-corrected chi connectivity index (χ0v) is 43.1. The van der Waals surface area contributed by atoms with Crippen molar-refractivity contribution in [3.63, 3.8) is 0 Å². The van der Waals surface area contributed by atoms with Crippen molar-refractivity contribution in [1.82, 2.24) is 0 Å². The molecule has 4 N–H and O–H groups in total. The fourth-order valence-electron chi connectivity index (χ4n) is 6.29. The van der Waals surface area contributed by atoms with Crippen molar-refractivity contribution in [2.75, 3.05) is 52.4 Å². The maximum absolute atomic E-state index is 8.03. The summed E-state index contributed by atoms with van der Waals surface area (Å²) in [6.07, 6.45) is 22.0. The molecule has 12 nitrogen and oxygen atoms in total. The van der Waals surface area contributed by atoms with Gasteiger partial charge in [-0.05, 0) is 51.4 Å². The predicted molar refractivity (Wildman–Crippen MR) is 234 cm³/mol. The van der Waals surface area contributed by atoms with Crippen LogP contribution in [0, 0.1) is 23.7 Å². The van der Waals surface area contributed by atoms with Crippen LogP contribution >= 0.6 is 19.4 Å². The van der Waals surface area contributed by atoms with E-state index in [1.165, 1.54) is 130 Å². The van der Waals surface area contributed by atoms with E-state index in [9.17, 15) is 0 Å². The van der Waals surface area contributed by atoms with Gasteiger partial charge in [-0.15, -0.1) is 52.4 Å². The van der Waals surface area contributed by atoms with Gasteiger partial charge in [-0.3, -0.25) is 0 Å². The molecule has 0 aromatic carbocycles. The molecule has 353 valence electrons. The Hall–Kier alpha value is 0.127. The second-order valence-electron chi connectivity index (χ2n) is 14.4. The van der Waals surface area contributed by atoms with Crippen LogP contribution in [0.2, 0.25) is 0 Å².